The number of piperidine rings is 1. The number of fused-ring (bicyclic) bond motifs is 2. The Morgan fingerprint density at radius 1 is 1.14 bits per heavy atom. The van der Waals surface area contributed by atoms with Gasteiger partial charge in [-0.2, -0.15) is 0 Å². The minimum Gasteiger partial charge on any atom is -0.356 e. The van der Waals surface area contributed by atoms with E-state index in [1.165, 1.54) is 6.92 Å². The predicted molar refractivity (Wildman–Crippen MR) is 97.7 cm³/mol. The van der Waals surface area contributed by atoms with Gasteiger partial charge in [-0.15, -0.1) is 0 Å². The second-order valence-corrected chi connectivity index (χ2v) is 7.88. The van der Waals surface area contributed by atoms with E-state index in [1.54, 1.807) is 0 Å². The molecule has 4 atom stereocenters. The summed E-state index contributed by atoms with van der Waals surface area (Å²) in [6, 6.07) is 1.22. The van der Waals surface area contributed by atoms with E-state index in [-0.39, 0.29) is 54.3 Å². The molecule has 3 N–H and O–H groups in total. The van der Waals surface area contributed by atoms with E-state index < -0.39 is 17.5 Å². The maximum atomic E-state index is 13.9. The normalized spacial score (nSPS) is 24.9. The van der Waals surface area contributed by atoms with Crippen molar-refractivity contribution in [2.45, 2.75) is 63.6 Å². The Hall–Kier alpha value is -2.09. The fraction of sp³-hybridized carbons (Fsp3) is 0.600. The summed E-state index contributed by atoms with van der Waals surface area (Å²) in [5.74, 6) is -3.13. The fourth-order valence-electron chi connectivity index (χ4n) is 4.59. The molecule has 2 amide bonds. The highest BCUT2D eigenvalue weighted by molar-refractivity contribution is 5.79. The van der Waals surface area contributed by atoms with Gasteiger partial charge in [0.25, 0.3) is 0 Å². The lowest BCUT2D eigenvalue weighted by Gasteiger charge is -2.41. The topological polar surface area (TPSA) is 75.4 Å². The molecule has 2 heterocycles. The van der Waals surface area contributed by atoms with Crippen LogP contribution < -0.4 is 11.1 Å². The third-order valence-electron chi connectivity index (χ3n) is 5.92. The molecule has 1 aromatic carbocycles. The number of nitrogens with zero attached hydrogens (tertiary/aromatic N) is 1. The first-order valence-corrected chi connectivity index (χ1v) is 9.70. The van der Waals surface area contributed by atoms with Crippen LogP contribution in [0.15, 0.2) is 12.1 Å². The Morgan fingerprint density at radius 3 is 2.36 bits per heavy atom. The van der Waals surface area contributed by atoms with E-state index in [0.29, 0.717) is 12.6 Å². The molecule has 3 rings (SSSR count). The van der Waals surface area contributed by atoms with Crippen LogP contribution >= 0.6 is 0 Å². The third-order valence-corrected chi connectivity index (χ3v) is 5.92. The summed E-state index contributed by atoms with van der Waals surface area (Å²) in [6.45, 7) is 1.74. The first kappa shape index (κ1) is 20.6. The first-order chi connectivity index (χ1) is 13.3. The average Bonchev–Trinajstić information content (AvgIpc) is 2.89. The monoisotopic (exact) mass is 397 g/mol. The Balaban J connectivity index is 1.59. The lowest BCUT2D eigenvalue weighted by molar-refractivity contribution is -0.136. The maximum Gasteiger partial charge on any atom is 0.224 e. The van der Waals surface area contributed by atoms with Crippen molar-refractivity contribution >= 4 is 11.8 Å². The first-order valence-electron chi connectivity index (χ1n) is 9.70. The predicted octanol–water partition coefficient (Wildman–Crippen LogP) is 2.27. The summed E-state index contributed by atoms with van der Waals surface area (Å²) in [5.41, 5.74) is 6.37. The molecular weight excluding hydrogens is 371 g/mol. The molecule has 0 radical (unpaired) electrons. The summed E-state index contributed by atoms with van der Waals surface area (Å²) in [6.07, 6.45) is 3.63. The van der Waals surface area contributed by atoms with E-state index in [4.69, 9.17) is 5.73 Å². The van der Waals surface area contributed by atoms with Gasteiger partial charge in [-0.25, -0.2) is 13.2 Å². The van der Waals surface area contributed by atoms with Crippen molar-refractivity contribution in [1.82, 2.24) is 10.2 Å². The lowest BCUT2D eigenvalue weighted by atomic mass is 9.82. The van der Waals surface area contributed by atoms with E-state index in [0.717, 1.165) is 31.7 Å². The van der Waals surface area contributed by atoms with Crippen LogP contribution in [0, 0.1) is 23.4 Å². The Bertz CT molecular complexity index is 744. The SMILES string of the molecule is CC(=O)NCCC(=O)N1C2CC[C@@H]1CC(C(N)Cc1cc(F)c(F)cc1F)C2. The number of hydrogen-bond donors (Lipinski definition) is 2. The number of hydrogen-bond acceptors (Lipinski definition) is 3. The Kier molecular flexibility index (Phi) is 6.27. The van der Waals surface area contributed by atoms with Crippen molar-refractivity contribution in [3.8, 4) is 0 Å². The van der Waals surface area contributed by atoms with Crippen LogP contribution in [0.4, 0.5) is 13.2 Å². The third kappa shape index (κ3) is 4.48. The smallest absolute Gasteiger partial charge is 0.224 e. The van der Waals surface area contributed by atoms with Crippen molar-refractivity contribution in [2.75, 3.05) is 6.54 Å². The molecule has 8 heteroatoms. The van der Waals surface area contributed by atoms with Gasteiger partial charge in [0.05, 0.1) is 0 Å². The minimum atomic E-state index is -1.21. The Morgan fingerprint density at radius 2 is 1.75 bits per heavy atom. The molecule has 154 valence electrons. The van der Waals surface area contributed by atoms with Gasteiger partial charge in [0.15, 0.2) is 11.6 Å². The summed E-state index contributed by atoms with van der Waals surface area (Å²) >= 11 is 0. The number of nitrogens with one attached hydrogen (secondary N) is 1. The van der Waals surface area contributed by atoms with Crippen LogP contribution in [0.25, 0.3) is 0 Å². The fourth-order valence-corrected chi connectivity index (χ4v) is 4.59. The number of carbonyl (C=O) groups is 2. The van der Waals surface area contributed by atoms with Crippen LogP contribution in [0.3, 0.4) is 0 Å². The molecule has 2 fully saturated rings. The molecule has 0 spiro atoms. The van der Waals surface area contributed by atoms with Crippen LogP contribution in [-0.4, -0.2) is 41.4 Å². The zero-order chi connectivity index (χ0) is 20.4. The van der Waals surface area contributed by atoms with E-state index in [2.05, 4.69) is 5.32 Å². The van der Waals surface area contributed by atoms with Crippen LogP contribution in [0.2, 0.25) is 0 Å². The summed E-state index contributed by atoms with van der Waals surface area (Å²) in [7, 11) is 0. The average molecular weight is 397 g/mol. The maximum absolute atomic E-state index is 13.9. The summed E-state index contributed by atoms with van der Waals surface area (Å²) in [4.78, 5) is 25.4. The molecule has 2 bridgehead atoms. The lowest BCUT2D eigenvalue weighted by Crippen LogP contribution is -2.50. The summed E-state index contributed by atoms with van der Waals surface area (Å²) in [5, 5.41) is 2.63. The zero-order valence-corrected chi connectivity index (χ0v) is 15.9. The van der Waals surface area contributed by atoms with Crippen LogP contribution in [0.1, 0.15) is 44.6 Å². The molecule has 0 saturated carbocycles. The molecule has 0 aromatic heterocycles. The Labute approximate surface area is 162 Å². The number of amides is 2. The van der Waals surface area contributed by atoms with Gasteiger partial charge in [-0.05, 0) is 49.7 Å². The highest BCUT2D eigenvalue weighted by Gasteiger charge is 2.44. The van der Waals surface area contributed by atoms with Gasteiger partial charge in [-0.1, -0.05) is 0 Å². The molecule has 3 unspecified atom stereocenters. The largest absolute Gasteiger partial charge is 0.356 e. The van der Waals surface area contributed by atoms with Gasteiger partial charge in [0.2, 0.25) is 11.8 Å². The van der Waals surface area contributed by atoms with Gasteiger partial charge in [0, 0.05) is 44.1 Å². The van der Waals surface area contributed by atoms with E-state index in [9.17, 15) is 22.8 Å². The highest BCUT2D eigenvalue weighted by atomic mass is 19.2. The molecular formula is C20H26F3N3O2. The molecule has 2 aliphatic rings. The number of nitrogens with two attached hydrogens (primary N) is 1. The molecule has 2 saturated heterocycles. The molecule has 1 aromatic rings. The van der Waals surface area contributed by atoms with Gasteiger partial charge < -0.3 is 16.0 Å². The quantitative estimate of drug-likeness (QED) is 0.723. The van der Waals surface area contributed by atoms with E-state index in [1.807, 2.05) is 4.90 Å². The minimum absolute atomic E-state index is 0.0277. The molecule has 0 aliphatic carbocycles. The van der Waals surface area contributed by atoms with Crippen molar-refractivity contribution in [3.63, 3.8) is 0 Å². The van der Waals surface area contributed by atoms with Gasteiger partial charge >= 0.3 is 0 Å². The van der Waals surface area contributed by atoms with Crippen molar-refractivity contribution in [2.24, 2.45) is 11.7 Å². The standard InChI is InChI=1S/C20H26F3N3O2/c1-11(27)25-5-4-20(28)26-14-2-3-15(26)7-13(6-14)19(24)9-12-8-17(22)18(23)10-16(12)21/h8,10,13-15,19H,2-7,9,24H2,1H3,(H,25,27)/t13?,14-,15?,19?/m1/s1. The number of carbonyl (C=O) groups excluding carboxylic acids is 2. The zero-order valence-electron chi connectivity index (χ0n) is 15.9. The molecule has 28 heavy (non-hydrogen) atoms. The number of halogens is 3. The van der Waals surface area contributed by atoms with Gasteiger partial charge in [0.1, 0.15) is 5.82 Å². The number of benzene rings is 1. The van der Waals surface area contributed by atoms with Crippen LogP contribution in [-0.2, 0) is 16.0 Å². The molecule has 5 nitrogen and oxygen atoms in total. The highest BCUT2D eigenvalue weighted by Crippen LogP contribution is 2.40. The second kappa shape index (κ2) is 8.51. The van der Waals surface area contributed by atoms with Crippen molar-refractivity contribution in [1.29, 1.82) is 0 Å². The van der Waals surface area contributed by atoms with Crippen molar-refractivity contribution in [3.05, 3.63) is 35.1 Å². The molecule has 2 aliphatic heterocycles. The van der Waals surface area contributed by atoms with Gasteiger partial charge in [-0.3, -0.25) is 9.59 Å². The van der Waals surface area contributed by atoms with E-state index >= 15 is 0 Å². The summed E-state index contributed by atoms with van der Waals surface area (Å²) < 4.78 is 40.5. The van der Waals surface area contributed by atoms with Crippen LogP contribution in [0.5, 0.6) is 0 Å². The van der Waals surface area contributed by atoms with Crippen molar-refractivity contribution < 1.29 is 22.8 Å². The number of rotatable bonds is 6. The second-order valence-electron chi connectivity index (χ2n) is 7.88.